The van der Waals surface area contributed by atoms with Gasteiger partial charge in [-0.25, -0.2) is 9.97 Å². The predicted molar refractivity (Wildman–Crippen MR) is 107 cm³/mol. The Morgan fingerprint density at radius 1 is 1.12 bits per heavy atom. The number of aliphatic carboxylic acids is 1. The molecule has 3 aromatic rings. The van der Waals surface area contributed by atoms with E-state index >= 15 is 0 Å². The van der Waals surface area contributed by atoms with E-state index in [1.165, 1.54) is 21.6 Å². The van der Waals surface area contributed by atoms with Crippen molar-refractivity contribution in [3.63, 3.8) is 0 Å². The Hall–Kier alpha value is -2.47. The molecular formula is C20H23N3O2S. The Morgan fingerprint density at radius 3 is 2.62 bits per heavy atom. The molecule has 0 unspecified atom stereocenters. The Morgan fingerprint density at radius 2 is 1.88 bits per heavy atom. The fourth-order valence-electron chi connectivity index (χ4n) is 3.03. The van der Waals surface area contributed by atoms with Gasteiger partial charge in [0.05, 0.1) is 5.39 Å². The van der Waals surface area contributed by atoms with Gasteiger partial charge in [0.2, 0.25) is 0 Å². The summed E-state index contributed by atoms with van der Waals surface area (Å²) in [4.78, 5) is 21.7. The monoisotopic (exact) mass is 369 g/mol. The van der Waals surface area contributed by atoms with Crippen LogP contribution in [0.2, 0.25) is 0 Å². The van der Waals surface area contributed by atoms with Crippen molar-refractivity contribution in [2.75, 3.05) is 11.9 Å². The molecule has 0 spiro atoms. The molecule has 3 rings (SSSR count). The largest absolute Gasteiger partial charge is 0.481 e. The van der Waals surface area contributed by atoms with Crippen LogP contribution in [-0.4, -0.2) is 27.6 Å². The average molecular weight is 369 g/mol. The summed E-state index contributed by atoms with van der Waals surface area (Å²) in [6.45, 7) is 4.98. The predicted octanol–water partition coefficient (Wildman–Crippen LogP) is 5.03. The molecule has 6 heteroatoms. The molecule has 136 valence electrons. The molecule has 2 aromatic heterocycles. The van der Waals surface area contributed by atoms with Gasteiger partial charge in [-0.05, 0) is 32.3 Å². The molecule has 2 heterocycles. The molecule has 0 saturated heterocycles. The summed E-state index contributed by atoms with van der Waals surface area (Å²) in [6.07, 6.45) is 4.36. The minimum atomic E-state index is -0.730. The van der Waals surface area contributed by atoms with Crippen molar-refractivity contribution in [3.8, 4) is 11.1 Å². The van der Waals surface area contributed by atoms with Crippen molar-refractivity contribution in [1.82, 2.24) is 9.97 Å². The molecule has 0 aliphatic carbocycles. The van der Waals surface area contributed by atoms with E-state index in [9.17, 15) is 4.79 Å². The lowest BCUT2D eigenvalue weighted by Gasteiger charge is -2.09. The smallest absolute Gasteiger partial charge is 0.303 e. The zero-order valence-corrected chi connectivity index (χ0v) is 15.9. The van der Waals surface area contributed by atoms with E-state index in [-0.39, 0.29) is 6.42 Å². The summed E-state index contributed by atoms with van der Waals surface area (Å²) >= 11 is 1.69. The zero-order valence-electron chi connectivity index (χ0n) is 15.1. The molecule has 0 saturated carbocycles. The third-order valence-corrected chi connectivity index (χ3v) is 5.38. The third kappa shape index (κ3) is 4.19. The molecule has 0 fully saturated rings. The molecule has 0 bridgehead atoms. The number of hydrogen-bond donors (Lipinski definition) is 2. The van der Waals surface area contributed by atoms with Gasteiger partial charge in [-0.1, -0.05) is 36.2 Å². The van der Waals surface area contributed by atoms with Crippen LogP contribution in [0.5, 0.6) is 0 Å². The quantitative estimate of drug-likeness (QED) is 0.545. The van der Waals surface area contributed by atoms with Crippen LogP contribution in [-0.2, 0) is 4.79 Å². The number of aromatic nitrogens is 2. The van der Waals surface area contributed by atoms with Crippen molar-refractivity contribution >= 4 is 33.3 Å². The van der Waals surface area contributed by atoms with Crippen molar-refractivity contribution < 1.29 is 9.90 Å². The van der Waals surface area contributed by atoms with Gasteiger partial charge in [0, 0.05) is 23.4 Å². The van der Waals surface area contributed by atoms with Crippen LogP contribution in [0, 0.1) is 13.8 Å². The van der Waals surface area contributed by atoms with Crippen molar-refractivity contribution in [1.29, 1.82) is 0 Å². The fourth-order valence-corrected chi connectivity index (χ4v) is 4.04. The van der Waals surface area contributed by atoms with Gasteiger partial charge in [0.25, 0.3) is 0 Å². The molecule has 1 aromatic carbocycles. The number of carboxylic acids is 1. The highest BCUT2D eigenvalue weighted by Crippen LogP contribution is 2.40. The molecule has 0 aliphatic heterocycles. The van der Waals surface area contributed by atoms with E-state index in [1.54, 1.807) is 17.7 Å². The second-order valence-corrected chi connectivity index (χ2v) is 7.64. The first-order chi connectivity index (χ1) is 12.6. The van der Waals surface area contributed by atoms with Crippen LogP contribution in [0.1, 0.15) is 36.1 Å². The Bertz CT molecular complexity index is 903. The summed E-state index contributed by atoms with van der Waals surface area (Å²) in [5.74, 6) is 0.125. The Balaban J connectivity index is 1.80. The van der Waals surface area contributed by atoms with E-state index in [0.29, 0.717) is 6.42 Å². The first-order valence-electron chi connectivity index (χ1n) is 8.83. The van der Waals surface area contributed by atoms with Gasteiger partial charge >= 0.3 is 5.97 Å². The van der Waals surface area contributed by atoms with Crippen LogP contribution < -0.4 is 5.32 Å². The topological polar surface area (TPSA) is 75.1 Å². The molecule has 0 atom stereocenters. The number of aryl methyl sites for hydroxylation is 2. The summed E-state index contributed by atoms with van der Waals surface area (Å²) in [5, 5.41) is 13.2. The van der Waals surface area contributed by atoms with Crippen molar-refractivity contribution in [2.45, 2.75) is 39.5 Å². The number of thiophene rings is 1. The maximum absolute atomic E-state index is 10.6. The number of carbonyl (C=O) groups is 1. The van der Waals surface area contributed by atoms with Gasteiger partial charge in [0.15, 0.2) is 0 Å². The average Bonchev–Trinajstić information content (AvgIpc) is 2.95. The van der Waals surface area contributed by atoms with Crippen LogP contribution in [0.15, 0.2) is 30.6 Å². The highest BCUT2D eigenvalue weighted by molar-refractivity contribution is 7.19. The zero-order chi connectivity index (χ0) is 18.5. The van der Waals surface area contributed by atoms with Crippen LogP contribution in [0.4, 0.5) is 5.82 Å². The first kappa shape index (κ1) is 18.3. The third-order valence-electron chi connectivity index (χ3n) is 4.36. The minimum absolute atomic E-state index is 0.235. The minimum Gasteiger partial charge on any atom is -0.481 e. The van der Waals surface area contributed by atoms with Gasteiger partial charge in [0.1, 0.15) is 17.0 Å². The lowest BCUT2D eigenvalue weighted by molar-refractivity contribution is -0.137. The first-order valence-corrected chi connectivity index (χ1v) is 9.64. The summed E-state index contributed by atoms with van der Waals surface area (Å²) in [5.41, 5.74) is 3.61. The molecular weight excluding hydrogens is 346 g/mol. The SMILES string of the molecule is Cc1ccc(-c2c(C)sc3ncnc(NCCCCCC(=O)O)c23)cc1. The number of hydrogen-bond acceptors (Lipinski definition) is 5. The molecule has 26 heavy (non-hydrogen) atoms. The molecule has 5 nitrogen and oxygen atoms in total. The second-order valence-electron chi connectivity index (χ2n) is 6.43. The normalized spacial score (nSPS) is 11.0. The van der Waals surface area contributed by atoms with E-state index in [4.69, 9.17) is 5.11 Å². The molecule has 0 amide bonds. The summed E-state index contributed by atoms with van der Waals surface area (Å²) in [6, 6.07) is 8.54. The van der Waals surface area contributed by atoms with Crippen LogP contribution >= 0.6 is 11.3 Å². The lowest BCUT2D eigenvalue weighted by atomic mass is 10.0. The van der Waals surface area contributed by atoms with E-state index in [2.05, 4.69) is 53.4 Å². The number of rotatable bonds is 8. The number of carboxylic acid groups (broad SMARTS) is 1. The fraction of sp³-hybridized carbons (Fsp3) is 0.350. The molecule has 0 radical (unpaired) electrons. The highest BCUT2D eigenvalue weighted by Gasteiger charge is 2.16. The molecule has 2 N–H and O–H groups in total. The van der Waals surface area contributed by atoms with Gasteiger partial charge in [-0.2, -0.15) is 0 Å². The maximum atomic E-state index is 10.6. The maximum Gasteiger partial charge on any atom is 0.303 e. The Labute approximate surface area is 157 Å². The van der Waals surface area contributed by atoms with E-state index in [1.807, 2.05) is 0 Å². The number of fused-ring (bicyclic) bond motifs is 1. The number of nitrogens with zero attached hydrogens (tertiary/aromatic N) is 2. The van der Waals surface area contributed by atoms with Crippen LogP contribution in [0.3, 0.4) is 0 Å². The number of nitrogens with one attached hydrogen (secondary N) is 1. The lowest BCUT2D eigenvalue weighted by Crippen LogP contribution is -2.04. The van der Waals surface area contributed by atoms with Crippen molar-refractivity contribution in [3.05, 3.63) is 41.0 Å². The van der Waals surface area contributed by atoms with Crippen LogP contribution in [0.25, 0.3) is 21.3 Å². The van der Waals surface area contributed by atoms with Gasteiger partial charge in [-0.15, -0.1) is 11.3 Å². The molecule has 0 aliphatic rings. The van der Waals surface area contributed by atoms with Gasteiger partial charge in [-0.3, -0.25) is 4.79 Å². The van der Waals surface area contributed by atoms with E-state index in [0.717, 1.165) is 35.4 Å². The highest BCUT2D eigenvalue weighted by atomic mass is 32.1. The summed E-state index contributed by atoms with van der Waals surface area (Å²) < 4.78 is 0. The Kier molecular flexibility index (Phi) is 5.83. The number of anilines is 1. The van der Waals surface area contributed by atoms with Crippen molar-refractivity contribution in [2.24, 2.45) is 0 Å². The number of benzene rings is 1. The van der Waals surface area contributed by atoms with Gasteiger partial charge < -0.3 is 10.4 Å². The summed E-state index contributed by atoms with van der Waals surface area (Å²) in [7, 11) is 0. The number of unbranched alkanes of at least 4 members (excludes halogenated alkanes) is 2. The van der Waals surface area contributed by atoms with E-state index < -0.39 is 5.97 Å². The standard InChI is InChI=1S/C20H23N3O2S/c1-13-7-9-15(10-8-13)17-14(2)26-20-18(17)19(22-12-23-20)21-11-5-3-4-6-16(24)25/h7-10,12H,3-6,11H2,1-2H3,(H,24,25)(H,21,22,23). The second kappa shape index (κ2) is 8.27.